The molecule has 0 bridgehead atoms. The Bertz CT molecular complexity index is 590. The van der Waals surface area contributed by atoms with Crippen molar-refractivity contribution in [2.45, 2.75) is 20.1 Å². The first kappa shape index (κ1) is 15.8. The van der Waals surface area contributed by atoms with E-state index in [1.165, 1.54) is 5.56 Å². The topological polar surface area (TPSA) is 43.4 Å². The van der Waals surface area contributed by atoms with Crippen molar-refractivity contribution in [2.75, 3.05) is 13.7 Å². The molecule has 0 radical (unpaired) electrons. The van der Waals surface area contributed by atoms with Crippen LogP contribution < -0.4 is 14.8 Å². The van der Waals surface area contributed by atoms with Gasteiger partial charge in [0.2, 0.25) is 0 Å². The molecule has 1 heterocycles. The Hall–Kier alpha value is -1.59. The quantitative estimate of drug-likeness (QED) is 0.829. The van der Waals surface area contributed by atoms with Gasteiger partial charge in [-0.05, 0) is 46.2 Å². The van der Waals surface area contributed by atoms with Gasteiger partial charge < -0.3 is 14.8 Å². The highest BCUT2D eigenvalue weighted by Crippen LogP contribution is 2.29. The molecule has 2 aromatic rings. The molecule has 1 aromatic heterocycles. The normalized spacial score (nSPS) is 10.4. The molecule has 0 saturated heterocycles. The number of nitrogens with zero attached hydrogens (tertiary/aromatic N) is 1. The molecule has 21 heavy (non-hydrogen) atoms. The van der Waals surface area contributed by atoms with E-state index in [9.17, 15) is 0 Å². The van der Waals surface area contributed by atoms with E-state index >= 15 is 0 Å². The summed E-state index contributed by atoms with van der Waals surface area (Å²) < 4.78 is 12.2. The first-order valence-electron chi connectivity index (χ1n) is 6.82. The molecule has 0 aliphatic rings. The summed E-state index contributed by atoms with van der Waals surface area (Å²) in [6.45, 7) is 4.29. The third kappa shape index (κ3) is 4.72. The average Bonchev–Trinajstić information content (AvgIpc) is 2.51. The SMILES string of the molecule is CCNCc1ccc(OC)c(OCc2cncc(Br)c2)c1. The van der Waals surface area contributed by atoms with E-state index in [0.717, 1.165) is 34.6 Å². The van der Waals surface area contributed by atoms with Crippen LogP contribution in [0.5, 0.6) is 11.5 Å². The molecule has 0 aliphatic heterocycles. The Morgan fingerprint density at radius 3 is 2.71 bits per heavy atom. The standard InChI is InChI=1S/C16H19BrN2O2/c1-3-18-8-12-4-5-15(20-2)16(7-12)21-11-13-6-14(17)10-19-9-13/h4-7,9-10,18H,3,8,11H2,1-2H3. The van der Waals surface area contributed by atoms with Gasteiger partial charge in [-0.2, -0.15) is 0 Å². The summed E-state index contributed by atoms with van der Waals surface area (Å²) in [5.41, 5.74) is 2.17. The molecular formula is C16H19BrN2O2. The van der Waals surface area contributed by atoms with Crippen molar-refractivity contribution in [3.63, 3.8) is 0 Å². The van der Waals surface area contributed by atoms with E-state index in [-0.39, 0.29) is 0 Å². The Balaban J connectivity index is 2.09. The number of aromatic nitrogens is 1. The van der Waals surface area contributed by atoms with Crippen molar-refractivity contribution in [1.29, 1.82) is 0 Å². The fourth-order valence-electron chi connectivity index (χ4n) is 1.91. The summed E-state index contributed by atoms with van der Waals surface area (Å²) in [6, 6.07) is 7.96. The summed E-state index contributed by atoms with van der Waals surface area (Å²) in [7, 11) is 1.65. The minimum absolute atomic E-state index is 0.452. The molecule has 5 heteroatoms. The number of hydrogen-bond donors (Lipinski definition) is 1. The minimum atomic E-state index is 0.452. The molecule has 0 amide bonds. The molecule has 0 fully saturated rings. The second-order valence-corrected chi connectivity index (χ2v) is 5.48. The van der Waals surface area contributed by atoms with E-state index in [0.29, 0.717) is 6.61 Å². The highest BCUT2D eigenvalue weighted by Gasteiger charge is 2.06. The lowest BCUT2D eigenvalue weighted by Crippen LogP contribution is -2.11. The molecule has 0 atom stereocenters. The van der Waals surface area contributed by atoms with Crippen LogP contribution in [0.25, 0.3) is 0 Å². The van der Waals surface area contributed by atoms with Crippen LogP contribution >= 0.6 is 15.9 Å². The van der Waals surface area contributed by atoms with Crippen LogP contribution in [0.3, 0.4) is 0 Å². The predicted octanol–water partition coefficient (Wildman–Crippen LogP) is 3.54. The second-order valence-electron chi connectivity index (χ2n) is 4.57. The maximum atomic E-state index is 5.88. The number of hydrogen-bond acceptors (Lipinski definition) is 4. The van der Waals surface area contributed by atoms with E-state index in [2.05, 4.69) is 33.2 Å². The fraction of sp³-hybridized carbons (Fsp3) is 0.312. The van der Waals surface area contributed by atoms with E-state index in [1.54, 1.807) is 19.5 Å². The van der Waals surface area contributed by atoms with E-state index < -0.39 is 0 Å². The first-order chi connectivity index (χ1) is 10.2. The zero-order valence-corrected chi connectivity index (χ0v) is 13.8. The van der Waals surface area contributed by atoms with E-state index in [4.69, 9.17) is 9.47 Å². The Morgan fingerprint density at radius 2 is 2.00 bits per heavy atom. The van der Waals surface area contributed by atoms with Gasteiger partial charge in [0.05, 0.1) is 7.11 Å². The van der Waals surface area contributed by atoms with E-state index in [1.807, 2.05) is 24.3 Å². The smallest absolute Gasteiger partial charge is 0.161 e. The third-order valence-electron chi connectivity index (χ3n) is 2.96. The largest absolute Gasteiger partial charge is 0.493 e. The van der Waals surface area contributed by atoms with Gasteiger partial charge >= 0.3 is 0 Å². The molecule has 0 spiro atoms. The highest BCUT2D eigenvalue weighted by molar-refractivity contribution is 9.10. The van der Waals surface area contributed by atoms with Crippen LogP contribution in [0, 0.1) is 0 Å². The number of ether oxygens (including phenoxy) is 2. The van der Waals surface area contributed by atoms with Gasteiger partial charge in [-0.15, -0.1) is 0 Å². The van der Waals surface area contributed by atoms with Crippen LogP contribution in [0.2, 0.25) is 0 Å². The number of rotatable bonds is 7. The molecule has 112 valence electrons. The maximum Gasteiger partial charge on any atom is 0.161 e. The van der Waals surface area contributed by atoms with Gasteiger partial charge in [0.25, 0.3) is 0 Å². The molecule has 0 aliphatic carbocycles. The number of methoxy groups -OCH3 is 1. The lowest BCUT2D eigenvalue weighted by molar-refractivity contribution is 0.283. The average molecular weight is 351 g/mol. The van der Waals surface area contributed by atoms with Crippen molar-refractivity contribution in [3.8, 4) is 11.5 Å². The minimum Gasteiger partial charge on any atom is -0.493 e. The Morgan fingerprint density at radius 1 is 1.14 bits per heavy atom. The zero-order valence-electron chi connectivity index (χ0n) is 12.2. The van der Waals surface area contributed by atoms with Crippen LogP contribution in [-0.2, 0) is 13.2 Å². The zero-order chi connectivity index (χ0) is 15.1. The summed E-state index contributed by atoms with van der Waals surface area (Å²) in [5.74, 6) is 1.48. The number of benzene rings is 1. The summed E-state index contributed by atoms with van der Waals surface area (Å²) in [5, 5.41) is 3.30. The molecule has 4 nitrogen and oxygen atoms in total. The van der Waals surface area contributed by atoms with Crippen LogP contribution in [0.1, 0.15) is 18.1 Å². The van der Waals surface area contributed by atoms with Crippen molar-refractivity contribution in [1.82, 2.24) is 10.3 Å². The number of nitrogens with one attached hydrogen (secondary N) is 1. The molecular weight excluding hydrogens is 332 g/mol. The summed E-state index contributed by atoms with van der Waals surface area (Å²) in [4.78, 5) is 4.13. The number of pyridine rings is 1. The molecule has 2 rings (SSSR count). The van der Waals surface area contributed by atoms with Crippen molar-refractivity contribution in [3.05, 3.63) is 52.3 Å². The number of halogens is 1. The predicted molar refractivity (Wildman–Crippen MR) is 86.6 cm³/mol. The molecule has 0 saturated carbocycles. The van der Waals surface area contributed by atoms with Gasteiger partial charge in [-0.1, -0.05) is 13.0 Å². The van der Waals surface area contributed by atoms with Crippen molar-refractivity contribution >= 4 is 15.9 Å². The maximum absolute atomic E-state index is 5.88. The monoisotopic (exact) mass is 350 g/mol. The Kier molecular flexibility index (Phi) is 6.02. The van der Waals surface area contributed by atoms with Crippen molar-refractivity contribution < 1.29 is 9.47 Å². The summed E-state index contributed by atoms with van der Waals surface area (Å²) in [6.07, 6.45) is 3.54. The van der Waals surface area contributed by atoms with Crippen LogP contribution in [-0.4, -0.2) is 18.6 Å². The van der Waals surface area contributed by atoms with Crippen molar-refractivity contribution in [2.24, 2.45) is 0 Å². The van der Waals surface area contributed by atoms with Gasteiger partial charge in [0, 0.05) is 29.0 Å². The second kappa shape index (κ2) is 8.00. The highest BCUT2D eigenvalue weighted by atomic mass is 79.9. The van der Waals surface area contributed by atoms with Gasteiger partial charge in [-0.3, -0.25) is 4.98 Å². The molecule has 1 N–H and O–H groups in total. The third-order valence-corrected chi connectivity index (χ3v) is 3.40. The van der Waals surface area contributed by atoms with Crippen LogP contribution in [0.4, 0.5) is 0 Å². The fourth-order valence-corrected chi connectivity index (χ4v) is 2.32. The Labute approximate surface area is 133 Å². The summed E-state index contributed by atoms with van der Waals surface area (Å²) >= 11 is 3.41. The van der Waals surface area contributed by atoms with Gasteiger partial charge in [0.1, 0.15) is 6.61 Å². The van der Waals surface area contributed by atoms with Gasteiger partial charge in [0.15, 0.2) is 11.5 Å². The molecule has 1 aromatic carbocycles. The molecule has 0 unspecified atom stereocenters. The lowest BCUT2D eigenvalue weighted by Gasteiger charge is -2.12. The first-order valence-corrected chi connectivity index (χ1v) is 7.62. The van der Waals surface area contributed by atoms with Gasteiger partial charge in [-0.25, -0.2) is 0 Å². The lowest BCUT2D eigenvalue weighted by atomic mass is 10.2. The van der Waals surface area contributed by atoms with Crippen LogP contribution in [0.15, 0.2) is 41.1 Å².